The van der Waals surface area contributed by atoms with Crippen molar-refractivity contribution in [3.8, 4) is 0 Å². The smallest absolute Gasteiger partial charge is 0.0594 e. The van der Waals surface area contributed by atoms with E-state index in [4.69, 9.17) is 9.47 Å². The lowest BCUT2D eigenvalue weighted by molar-refractivity contribution is 0.00915. The number of thiophene rings is 1. The van der Waals surface area contributed by atoms with Crippen LogP contribution >= 0.6 is 11.3 Å². The van der Waals surface area contributed by atoms with Gasteiger partial charge >= 0.3 is 0 Å². The van der Waals surface area contributed by atoms with Crippen molar-refractivity contribution in [1.29, 1.82) is 0 Å². The predicted molar refractivity (Wildman–Crippen MR) is 85.9 cm³/mol. The van der Waals surface area contributed by atoms with Crippen LogP contribution < -0.4 is 0 Å². The number of nitrogens with zero attached hydrogens (tertiary/aromatic N) is 2. The Balaban J connectivity index is 1.61. The number of likely N-dealkylation sites (N-methyl/N-ethyl adjacent to an activating group) is 1. The van der Waals surface area contributed by atoms with Gasteiger partial charge in [0, 0.05) is 37.7 Å². The van der Waals surface area contributed by atoms with E-state index >= 15 is 0 Å². The molecule has 0 amide bonds. The Hall–Kier alpha value is -0.460. The zero-order valence-electron chi connectivity index (χ0n) is 12.9. The molecule has 118 valence electrons. The molecule has 1 aromatic rings. The molecule has 0 saturated carbocycles. The van der Waals surface area contributed by atoms with Gasteiger partial charge in [0.05, 0.1) is 25.9 Å². The van der Waals surface area contributed by atoms with E-state index in [1.807, 2.05) is 11.3 Å². The highest BCUT2D eigenvalue weighted by molar-refractivity contribution is 7.10. The highest BCUT2D eigenvalue weighted by Crippen LogP contribution is 2.27. The molecule has 0 N–H and O–H groups in total. The molecule has 2 fully saturated rings. The van der Waals surface area contributed by atoms with E-state index in [-0.39, 0.29) is 0 Å². The zero-order chi connectivity index (χ0) is 14.5. The molecule has 0 aromatic carbocycles. The van der Waals surface area contributed by atoms with E-state index in [1.165, 1.54) is 11.3 Å². The molecule has 5 heteroatoms. The first-order valence-electron chi connectivity index (χ1n) is 7.94. The second-order valence-electron chi connectivity index (χ2n) is 6.13. The molecule has 0 bridgehead atoms. The molecular formula is C16H26N2O2S. The summed E-state index contributed by atoms with van der Waals surface area (Å²) < 4.78 is 11.0. The van der Waals surface area contributed by atoms with Gasteiger partial charge in [0.15, 0.2) is 0 Å². The number of ether oxygens (including phenoxy) is 2. The van der Waals surface area contributed by atoms with Crippen molar-refractivity contribution in [2.24, 2.45) is 5.92 Å². The monoisotopic (exact) mass is 310 g/mol. The fraction of sp³-hybridized carbons (Fsp3) is 0.750. The van der Waals surface area contributed by atoms with Crippen molar-refractivity contribution in [3.63, 3.8) is 0 Å². The van der Waals surface area contributed by atoms with Gasteiger partial charge in [-0.2, -0.15) is 0 Å². The van der Waals surface area contributed by atoms with Crippen molar-refractivity contribution < 1.29 is 9.47 Å². The molecule has 2 atom stereocenters. The normalized spacial score (nSPS) is 25.5. The Morgan fingerprint density at radius 3 is 2.86 bits per heavy atom. The number of hydrogen-bond acceptors (Lipinski definition) is 5. The lowest BCUT2D eigenvalue weighted by Gasteiger charge is -2.36. The fourth-order valence-electron chi connectivity index (χ4n) is 3.29. The van der Waals surface area contributed by atoms with Gasteiger partial charge in [0.2, 0.25) is 0 Å². The molecule has 0 spiro atoms. The van der Waals surface area contributed by atoms with Crippen LogP contribution in [0.1, 0.15) is 17.3 Å². The van der Waals surface area contributed by atoms with Crippen molar-refractivity contribution >= 4 is 11.3 Å². The van der Waals surface area contributed by atoms with Crippen molar-refractivity contribution in [2.45, 2.75) is 12.5 Å². The Morgan fingerprint density at radius 2 is 2.19 bits per heavy atom. The first kappa shape index (κ1) is 15.4. The lowest BCUT2D eigenvalue weighted by Crippen LogP contribution is -2.43. The molecule has 2 aliphatic rings. The average molecular weight is 310 g/mol. The molecular weight excluding hydrogens is 284 g/mol. The molecule has 0 radical (unpaired) electrons. The number of hydrogen-bond donors (Lipinski definition) is 0. The summed E-state index contributed by atoms with van der Waals surface area (Å²) in [5, 5.41) is 2.19. The standard InChI is InChI=1S/C16H26N2O2S/c1-17(11-14-4-7-20-13-14)12-15(16-3-2-10-21-16)18-5-8-19-9-6-18/h2-3,10,14-15H,4-9,11-13H2,1H3/t14-,15-/m0/s1. The molecule has 0 unspecified atom stereocenters. The van der Waals surface area contributed by atoms with Crippen LogP contribution in [0.3, 0.4) is 0 Å². The van der Waals surface area contributed by atoms with Crippen molar-refractivity contribution in [2.75, 3.05) is 59.7 Å². The van der Waals surface area contributed by atoms with Gasteiger partial charge in [-0.25, -0.2) is 0 Å². The van der Waals surface area contributed by atoms with Gasteiger partial charge in [0.25, 0.3) is 0 Å². The van der Waals surface area contributed by atoms with Crippen LogP contribution in [0.2, 0.25) is 0 Å². The quantitative estimate of drug-likeness (QED) is 0.803. The van der Waals surface area contributed by atoms with Crippen LogP contribution in [-0.4, -0.2) is 69.5 Å². The van der Waals surface area contributed by atoms with E-state index in [1.54, 1.807) is 0 Å². The predicted octanol–water partition coefficient (Wildman–Crippen LogP) is 2.09. The summed E-state index contributed by atoms with van der Waals surface area (Å²) in [5.74, 6) is 0.712. The van der Waals surface area contributed by atoms with Crippen molar-refractivity contribution in [3.05, 3.63) is 22.4 Å². The third kappa shape index (κ3) is 4.27. The van der Waals surface area contributed by atoms with Crippen LogP contribution in [0.15, 0.2) is 17.5 Å². The van der Waals surface area contributed by atoms with Gasteiger partial charge in [-0.05, 0) is 30.8 Å². The van der Waals surface area contributed by atoms with Gasteiger partial charge in [-0.3, -0.25) is 4.90 Å². The van der Waals surface area contributed by atoms with E-state index < -0.39 is 0 Å². The molecule has 2 saturated heterocycles. The van der Waals surface area contributed by atoms with Crippen LogP contribution in [0.4, 0.5) is 0 Å². The summed E-state index contributed by atoms with van der Waals surface area (Å²) in [5.41, 5.74) is 0. The molecule has 0 aliphatic carbocycles. The highest BCUT2D eigenvalue weighted by atomic mass is 32.1. The Morgan fingerprint density at radius 1 is 1.33 bits per heavy atom. The topological polar surface area (TPSA) is 24.9 Å². The van der Waals surface area contributed by atoms with Crippen LogP contribution in [0.5, 0.6) is 0 Å². The maximum atomic E-state index is 5.51. The van der Waals surface area contributed by atoms with E-state index in [0.29, 0.717) is 12.0 Å². The maximum Gasteiger partial charge on any atom is 0.0594 e. The summed E-state index contributed by atoms with van der Waals surface area (Å²) in [6.45, 7) is 7.93. The Labute approximate surface area is 131 Å². The lowest BCUT2D eigenvalue weighted by atomic mass is 10.1. The maximum absolute atomic E-state index is 5.51. The summed E-state index contributed by atoms with van der Waals surface area (Å²) >= 11 is 1.88. The van der Waals surface area contributed by atoms with Gasteiger partial charge in [-0.15, -0.1) is 11.3 Å². The van der Waals surface area contributed by atoms with E-state index in [9.17, 15) is 0 Å². The Bertz CT molecular complexity index is 400. The molecule has 21 heavy (non-hydrogen) atoms. The molecule has 2 aliphatic heterocycles. The van der Waals surface area contributed by atoms with Crippen LogP contribution in [-0.2, 0) is 9.47 Å². The van der Waals surface area contributed by atoms with Gasteiger partial charge in [0.1, 0.15) is 0 Å². The van der Waals surface area contributed by atoms with E-state index in [2.05, 4.69) is 34.4 Å². The summed E-state index contributed by atoms with van der Waals surface area (Å²) in [7, 11) is 2.25. The number of morpholine rings is 1. The minimum atomic E-state index is 0.501. The summed E-state index contributed by atoms with van der Waals surface area (Å²) in [6, 6.07) is 4.94. The first-order valence-corrected chi connectivity index (χ1v) is 8.82. The molecule has 4 nitrogen and oxygen atoms in total. The third-order valence-corrected chi connectivity index (χ3v) is 5.41. The molecule has 1 aromatic heterocycles. The second kappa shape index (κ2) is 7.70. The minimum Gasteiger partial charge on any atom is -0.381 e. The zero-order valence-corrected chi connectivity index (χ0v) is 13.7. The second-order valence-corrected chi connectivity index (χ2v) is 7.11. The van der Waals surface area contributed by atoms with Crippen molar-refractivity contribution in [1.82, 2.24) is 9.80 Å². The Kier molecular flexibility index (Phi) is 5.66. The number of rotatable bonds is 6. The van der Waals surface area contributed by atoms with Gasteiger partial charge in [-0.1, -0.05) is 6.07 Å². The van der Waals surface area contributed by atoms with Crippen LogP contribution in [0.25, 0.3) is 0 Å². The minimum absolute atomic E-state index is 0.501. The largest absolute Gasteiger partial charge is 0.381 e. The molecule has 3 heterocycles. The van der Waals surface area contributed by atoms with E-state index in [0.717, 1.165) is 52.6 Å². The molecule has 3 rings (SSSR count). The third-order valence-electron chi connectivity index (χ3n) is 4.44. The average Bonchev–Trinajstić information content (AvgIpc) is 3.19. The summed E-state index contributed by atoms with van der Waals surface area (Å²) in [4.78, 5) is 6.54. The summed E-state index contributed by atoms with van der Waals surface area (Å²) in [6.07, 6.45) is 1.21. The van der Waals surface area contributed by atoms with Crippen LogP contribution in [0, 0.1) is 5.92 Å². The van der Waals surface area contributed by atoms with Gasteiger partial charge < -0.3 is 14.4 Å². The highest BCUT2D eigenvalue weighted by Gasteiger charge is 2.26. The SMILES string of the molecule is CN(C[C@@H]1CCOC1)C[C@@H](c1cccs1)N1CCOCC1. The fourth-order valence-corrected chi connectivity index (χ4v) is 4.15. The first-order chi connectivity index (χ1) is 10.3.